The number of hydrogen-bond donors (Lipinski definition) is 1. The van der Waals surface area contributed by atoms with Crippen LogP contribution in [-0.2, 0) is 9.59 Å². The molecule has 1 heterocycles. The number of nitrogens with zero attached hydrogens (tertiary/aromatic N) is 1. The van der Waals surface area contributed by atoms with E-state index in [-0.39, 0.29) is 17.9 Å². The van der Waals surface area contributed by atoms with E-state index in [0.29, 0.717) is 5.92 Å². The lowest BCUT2D eigenvalue weighted by Crippen LogP contribution is -2.63. The van der Waals surface area contributed by atoms with Gasteiger partial charge >= 0.3 is 0 Å². The molecule has 1 aromatic carbocycles. The van der Waals surface area contributed by atoms with Crippen molar-refractivity contribution in [3.63, 3.8) is 0 Å². The highest BCUT2D eigenvalue weighted by atomic mass is 16.2. The highest BCUT2D eigenvalue weighted by Crippen LogP contribution is 2.36. The van der Waals surface area contributed by atoms with Gasteiger partial charge < -0.3 is 5.32 Å². The molecule has 1 aliphatic heterocycles. The molecule has 0 spiro atoms. The summed E-state index contributed by atoms with van der Waals surface area (Å²) in [7, 11) is 0. The maximum atomic E-state index is 12.7. The van der Waals surface area contributed by atoms with Crippen LogP contribution in [0, 0.1) is 19.8 Å². The molecule has 1 N–H and O–H groups in total. The van der Waals surface area contributed by atoms with E-state index in [1.54, 1.807) is 11.8 Å². The van der Waals surface area contributed by atoms with Gasteiger partial charge in [-0.2, -0.15) is 0 Å². The van der Waals surface area contributed by atoms with Crippen molar-refractivity contribution in [1.29, 1.82) is 0 Å². The quantitative estimate of drug-likeness (QED) is 0.894. The van der Waals surface area contributed by atoms with Crippen LogP contribution in [0.4, 0.5) is 5.69 Å². The van der Waals surface area contributed by atoms with E-state index < -0.39 is 6.04 Å². The fraction of sp³-hybridized carbons (Fsp3) is 0.500. The third kappa shape index (κ3) is 2.09. The molecule has 2 fully saturated rings. The van der Waals surface area contributed by atoms with Crippen molar-refractivity contribution in [2.75, 3.05) is 4.90 Å². The minimum Gasteiger partial charge on any atom is -0.342 e. The monoisotopic (exact) mass is 272 g/mol. The normalized spacial score (nSPS) is 26.6. The van der Waals surface area contributed by atoms with Crippen molar-refractivity contribution in [2.24, 2.45) is 5.92 Å². The predicted octanol–water partition coefficient (Wildman–Crippen LogP) is 1.93. The van der Waals surface area contributed by atoms with Gasteiger partial charge in [-0.05, 0) is 56.7 Å². The van der Waals surface area contributed by atoms with Gasteiger partial charge in [0.1, 0.15) is 12.1 Å². The van der Waals surface area contributed by atoms with Crippen LogP contribution in [0.15, 0.2) is 18.2 Å². The van der Waals surface area contributed by atoms with Crippen molar-refractivity contribution in [1.82, 2.24) is 5.32 Å². The molecule has 4 nitrogen and oxygen atoms in total. The third-order valence-electron chi connectivity index (χ3n) is 4.29. The average molecular weight is 272 g/mol. The third-order valence-corrected chi connectivity index (χ3v) is 4.29. The van der Waals surface area contributed by atoms with Crippen molar-refractivity contribution in [3.05, 3.63) is 29.3 Å². The minimum absolute atomic E-state index is 0.0355. The number of benzene rings is 1. The van der Waals surface area contributed by atoms with E-state index in [1.807, 2.05) is 32.0 Å². The second-order valence-electron chi connectivity index (χ2n) is 6.00. The highest BCUT2D eigenvalue weighted by Gasteiger charge is 2.46. The van der Waals surface area contributed by atoms with Crippen LogP contribution in [-0.4, -0.2) is 23.9 Å². The lowest BCUT2D eigenvalue weighted by atomic mass is 10.0. The van der Waals surface area contributed by atoms with Crippen LogP contribution in [0.1, 0.15) is 30.9 Å². The van der Waals surface area contributed by atoms with Crippen molar-refractivity contribution in [3.8, 4) is 0 Å². The number of rotatable bonds is 2. The summed E-state index contributed by atoms with van der Waals surface area (Å²) in [6, 6.07) is 5.24. The van der Waals surface area contributed by atoms with Gasteiger partial charge in [0.25, 0.3) is 5.91 Å². The number of amides is 2. The number of anilines is 1. The van der Waals surface area contributed by atoms with Crippen molar-refractivity contribution >= 4 is 17.5 Å². The van der Waals surface area contributed by atoms with E-state index in [4.69, 9.17) is 0 Å². The van der Waals surface area contributed by atoms with Gasteiger partial charge in [0.15, 0.2) is 0 Å². The molecule has 0 aromatic heterocycles. The molecule has 1 aliphatic carbocycles. The molecule has 4 heteroatoms. The van der Waals surface area contributed by atoms with E-state index in [2.05, 4.69) is 5.32 Å². The van der Waals surface area contributed by atoms with E-state index >= 15 is 0 Å². The van der Waals surface area contributed by atoms with Gasteiger partial charge in [0, 0.05) is 5.69 Å². The van der Waals surface area contributed by atoms with Crippen LogP contribution in [0.3, 0.4) is 0 Å². The second-order valence-corrected chi connectivity index (χ2v) is 6.00. The van der Waals surface area contributed by atoms with Crippen LogP contribution in [0.2, 0.25) is 0 Å². The summed E-state index contributed by atoms with van der Waals surface area (Å²) in [4.78, 5) is 26.6. The highest BCUT2D eigenvalue weighted by molar-refractivity contribution is 6.08. The van der Waals surface area contributed by atoms with Crippen molar-refractivity contribution < 1.29 is 9.59 Å². The second kappa shape index (κ2) is 4.62. The molecule has 1 saturated carbocycles. The Labute approximate surface area is 119 Å². The maximum absolute atomic E-state index is 12.7. The molecular formula is C16H20N2O2. The molecule has 2 amide bonds. The summed E-state index contributed by atoms with van der Waals surface area (Å²) in [6.45, 7) is 5.77. The Kier molecular flexibility index (Phi) is 3.04. The smallest absolute Gasteiger partial charge is 0.250 e. The lowest BCUT2D eigenvalue weighted by molar-refractivity contribution is -0.134. The Morgan fingerprint density at radius 2 is 1.90 bits per heavy atom. The van der Waals surface area contributed by atoms with E-state index in [1.165, 1.54) is 0 Å². The van der Waals surface area contributed by atoms with Gasteiger partial charge in [-0.15, -0.1) is 0 Å². The number of nitrogens with one attached hydrogen (secondary N) is 1. The largest absolute Gasteiger partial charge is 0.342 e. The summed E-state index contributed by atoms with van der Waals surface area (Å²) in [5.41, 5.74) is 2.99. The van der Waals surface area contributed by atoms with Crippen LogP contribution < -0.4 is 10.2 Å². The fourth-order valence-electron chi connectivity index (χ4n) is 2.85. The van der Waals surface area contributed by atoms with E-state index in [9.17, 15) is 9.59 Å². The zero-order valence-corrected chi connectivity index (χ0v) is 12.1. The summed E-state index contributed by atoms with van der Waals surface area (Å²) in [6.07, 6.45) is 2.07. The maximum Gasteiger partial charge on any atom is 0.250 e. The minimum atomic E-state index is -0.446. The summed E-state index contributed by atoms with van der Waals surface area (Å²) in [5.74, 6) is 0.308. The zero-order chi connectivity index (χ0) is 14.4. The Morgan fingerprint density at radius 3 is 2.55 bits per heavy atom. The molecule has 0 radical (unpaired) electrons. The van der Waals surface area contributed by atoms with Crippen LogP contribution >= 0.6 is 0 Å². The molecule has 3 rings (SSSR count). The molecule has 0 bridgehead atoms. The zero-order valence-electron chi connectivity index (χ0n) is 12.1. The van der Waals surface area contributed by atoms with Gasteiger partial charge in [0.2, 0.25) is 5.91 Å². The van der Waals surface area contributed by atoms with Crippen LogP contribution in [0.5, 0.6) is 0 Å². The van der Waals surface area contributed by atoms with Gasteiger partial charge in [-0.1, -0.05) is 12.1 Å². The molecule has 2 aliphatic rings. The molecular weight excluding hydrogens is 252 g/mol. The number of aryl methyl sites for hydroxylation is 2. The fourth-order valence-corrected chi connectivity index (χ4v) is 2.85. The topological polar surface area (TPSA) is 49.4 Å². The molecule has 106 valence electrons. The summed E-state index contributed by atoms with van der Waals surface area (Å²) in [5, 5.41) is 2.88. The molecule has 2 atom stereocenters. The Morgan fingerprint density at radius 1 is 1.20 bits per heavy atom. The molecule has 1 saturated heterocycles. The predicted molar refractivity (Wildman–Crippen MR) is 77.5 cm³/mol. The van der Waals surface area contributed by atoms with Gasteiger partial charge in [0.05, 0.1) is 0 Å². The number of hydrogen-bond acceptors (Lipinski definition) is 2. The average Bonchev–Trinajstić information content (AvgIpc) is 3.22. The Balaban J connectivity index is 2.01. The first kappa shape index (κ1) is 13.2. The Hall–Kier alpha value is -1.84. The molecule has 20 heavy (non-hydrogen) atoms. The van der Waals surface area contributed by atoms with Crippen molar-refractivity contribution in [2.45, 2.75) is 45.7 Å². The molecule has 2 unspecified atom stereocenters. The summed E-state index contributed by atoms with van der Waals surface area (Å²) < 4.78 is 0. The van der Waals surface area contributed by atoms with E-state index in [0.717, 1.165) is 29.7 Å². The number of carbonyl (C=O) groups excluding carboxylic acids is 2. The standard InChI is InChI=1S/C16H20N2O2/c1-9-4-5-10(2)13(8-9)18-11(3)15(19)17-14(16(18)20)12-6-7-12/h4-5,8,11-12,14H,6-7H2,1-3H3,(H,17,19). The first-order valence-corrected chi connectivity index (χ1v) is 7.19. The Bertz CT molecular complexity index is 578. The van der Waals surface area contributed by atoms with Crippen LogP contribution in [0.25, 0.3) is 0 Å². The lowest BCUT2D eigenvalue weighted by Gasteiger charge is -2.38. The first-order valence-electron chi connectivity index (χ1n) is 7.19. The SMILES string of the molecule is Cc1ccc(C)c(N2C(=O)C(C3CC3)NC(=O)C2C)c1. The number of piperazine rings is 1. The molecule has 1 aromatic rings. The van der Waals surface area contributed by atoms with Gasteiger partial charge in [-0.3, -0.25) is 14.5 Å². The number of carbonyl (C=O) groups is 2. The summed E-state index contributed by atoms with van der Waals surface area (Å²) >= 11 is 0. The van der Waals surface area contributed by atoms with Gasteiger partial charge in [-0.25, -0.2) is 0 Å². The first-order chi connectivity index (χ1) is 9.49.